The fourth-order valence-corrected chi connectivity index (χ4v) is 0.942. The van der Waals surface area contributed by atoms with Crippen LogP contribution in [0, 0.1) is 10.1 Å². The largest absolute Gasteiger partial charge is 0.435 e. The van der Waals surface area contributed by atoms with Crippen molar-refractivity contribution in [2.24, 2.45) is 0 Å². The maximum Gasteiger partial charge on any atom is 0.435 e. The van der Waals surface area contributed by atoms with Crippen LogP contribution in [0.2, 0.25) is 0 Å². The molecule has 0 amide bonds. The van der Waals surface area contributed by atoms with E-state index in [0.29, 0.717) is 12.8 Å². The van der Waals surface area contributed by atoms with Crippen molar-refractivity contribution >= 4 is 12.2 Å². The number of nitrogens with zero attached hydrogens (tertiary/aromatic N) is 3. The Morgan fingerprint density at radius 2 is 2.50 bits per heavy atom. The smallest absolute Gasteiger partial charge is 0.390 e. The Hall–Kier alpha value is -1.72. The summed E-state index contributed by atoms with van der Waals surface area (Å²) in [5.41, 5.74) is 0.226. The monoisotopic (exact) mass is 169 g/mol. The van der Waals surface area contributed by atoms with E-state index in [1.54, 1.807) is 6.92 Å². The van der Waals surface area contributed by atoms with Crippen LogP contribution in [0.4, 0.5) is 5.95 Å². The highest BCUT2D eigenvalue weighted by molar-refractivity contribution is 5.72. The van der Waals surface area contributed by atoms with Crippen molar-refractivity contribution < 1.29 is 9.72 Å². The third-order valence-corrected chi connectivity index (χ3v) is 1.47. The van der Waals surface area contributed by atoms with Crippen LogP contribution in [0.25, 0.3) is 0 Å². The van der Waals surface area contributed by atoms with Crippen LogP contribution in [0.3, 0.4) is 0 Å². The van der Waals surface area contributed by atoms with Crippen molar-refractivity contribution in [2.75, 3.05) is 0 Å². The molecule has 12 heavy (non-hydrogen) atoms. The van der Waals surface area contributed by atoms with E-state index in [1.807, 2.05) is 0 Å². The second kappa shape index (κ2) is 3.12. The van der Waals surface area contributed by atoms with Gasteiger partial charge in [0.2, 0.25) is 0 Å². The zero-order valence-electron chi connectivity index (χ0n) is 6.43. The third-order valence-electron chi connectivity index (χ3n) is 1.47. The van der Waals surface area contributed by atoms with Crippen molar-refractivity contribution in [2.45, 2.75) is 13.5 Å². The fraction of sp³-hybridized carbons (Fsp3) is 0.333. The molecule has 6 nitrogen and oxygen atoms in total. The van der Waals surface area contributed by atoms with E-state index in [-0.39, 0.29) is 11.6 Å². The van der Waals surface area contributed by atoms with Crippen LogP contribution in [-0.4, -0.2) is 20.8 Å². The fourth-order valence-electron chi connectivity index (χ4n) is 0.942. The molecule has 0 aliphatic heterocycles. The van der Waals surface area contributed by atoms with Crippen LogP contribution in [0.1, 0.15) is 17.4 Å². The average molecular weight is 169 g/mol. The van der Waals surface area contributed by atoms with Gasteiger partial charge in [-0.1, -0.05) is 4.98 Å². The summed E-state index contributed by atoms with van der Waals surface area (Å²) in [6, 6.07) is 0. The first kappa shape index (κ1) is 8.38. The summed E-state index contributed by atoms with van der Waals surface area (Å²) >= 11 is 0. The molecule has 1 heterocycles. The summed E-state index contributed by atoms with van der Waals surface area (Å²) in [6.45, 7) is 2.08. The molecule has 64 valence electrons. The van der Waals surface area contributed by atoms with E-state index in [4.69, 9.17) is 0 Å². The standard InChI is InChI=1S/C6H7N3O3/c1-2-8-5(4-10)3-7-6(8)9(11)12/h3-4H,2H2,1H3. The average Bonchev–Trinajstić information content (AvgIpc) is 2.46. The lowest BCUT2D eigenvalue weighted by atomic mass is 10.5. The van der Waals surface area contributed by atoms with Gasteiger partial charge in [0.15, 0.2) is 12.0 Å². The normalized spacial score (nSPS) is 9.75. The van der Waals surface area contributed by atoms with Crippen LogP contribution in [0.5, 0.6) is 0 Å². The van der Waals surface area contributed by atoms with E-state index < -0.39 is 4.92 Å². The predicted molar refractivity (Wildman–Crippen MR) is 39.9 cm³/mol. The van der Waals surface area contributed by atoms with Crippen LogP contribution < -0.4 is 0 Å². The molecule has 1 aromatic rings. The number of nitro groups is 1. The van der Waals surface area contributed by atoms with E-state index in [1.165, 1.54) is 10.8 Å². The van der Waals surface area contributed by atoms with Crippen molar-refractivity contribution in [3.63, 3.8) is 0 Å². The zero-order valence-corrected chi connectivity index (χ0v) is 6.43. The Labute approximate surface area is 68.0 Å². The molecule has 0 atom stereocenters. The van der Waals surface area contributed by atoms with Gasteiger partial charge >= 0.3 is 5.95 Å². The van der Waals surface area contributed by atoms with Crippen LogP contribution >= 0.6 is 0 Å². The van der Waals surface area contributed by atoms with E-state index >= 15 is 0 Å². The Morgan fingerprint density at radius 1 is 1.83 bits per heavy atom. The highest BCUT2D eigenvalue weighted by Gasteiger charge is 2.17. The minimum absolute atomic E-state index is 0.226. The summed E-state index contributed by atoms with van der Waals surface area (Å²) in [6.07, 6.45) is 1.73. The zero-order chi connectivity index (χ0) is 9.14. The molecule has 0 spiro atoms. The third kappa shape index (κ3) is 1.18. The number of hydrogen-bond donors (Lipinski definition) is 0. The van der Waals surface area contributed by atoms with Gasteiger partial charge in [-0.05, 0) is 11.8 Å². The van der Waals surface area contributed by atoms with Crippen molar-refractivity contribution in [1.82, 2.24) is 9.55 Å². The molecule has 1 aromatic heterocycles. The second-order valence-corrected chi connectivity index (χ2v) is 2.10. The van der Waals surface area contributed by atoms with Gasteiger partial charge in [-0.2, -0.15) is 0 Å². The van der Waals surface area contributed by atoms with Crippen LogP contribution in [-0.2, 0) is 6.54 Å². The molecule has 0 N–H and O–H groups in total. The van der Waals surface area contributed by atoms with Gasteiger partial charge in [0.05, 0.1) is 6.54 Å². The van der Waals surface area contributed by atoms with Gasteiger partial charge in [-0.25, -0.2) is 4.57 Å². The molecule has 0 aromatic carbocycles. The minimum atomic E-state index is -0.615. The highest BCUT2D eigenvalue weighted by atomic mass is 16.6. The summed E-state index contributed by atoms with van der Waals surface area (Å²) in [5, 5.41) is 10.3. The minimum Gasteiger partial charge on any atom is -0.390 e. The Kier molecular flexibility index (Phi) is 2.18. The molecule has 0 aliphatic carbocycles. The van der Waals surface area contributed by atoms with Crippen LogP contribution in [0.15, 0.2) is 6.20 Å². The molecule has 0 radical (unpaired) electrons. The quantitative estimate of drug-likeness (QED) is 0.377. The van der Waals surface area contributed by atoms with Gasteiger partial charge in [-0.15, -0.1) is 0 Å². The molecule has 1 rings (SSSR count). The maximum absolute atomic E-state index is 10.3. The predicted octanol–water partition coefficient (Wildman–Crippen LogP) is 0.624. The van der Waals surface area contributed by atoms with Gasteiger partial charge < -0.3 is 10.1 Å². The lowest BCUT2D eigenvalue weighted by Gasteiger charge is -1.96. The Morgan fingerprint density at radius 3 is 2.92 bits per heavy atom. The first-order valence-corrected chi connectivity index (χ1v) is 3.35. The van der Waals surface area contributed by atoms with Gasteiger partial charge in [0, 0.05) is 0 Å². The van der Waals surface area contributed by atoms with Crippen molar-refractivity contribution in [3.05, 3.63) is 22.0 Å². The molecule has 0 unspecified atom stereocenters. The molecule has 0 saturated carbocycles. The Balaban J connectivity index is 3.22. The topological polar surface area (TPSA) is 78.0 Å². The lowest BCUT2D eigenvalue weighted by Crippen LogP contribution is -2.04. The van der Waals surface area contributed by atoms with Gasteiger partial charge in [0.1, 0.15) is 6.20 Å². The molecule has 0 aliphatic rings. The molecule has 0 bridgehead atoms. The van der Waals surface area contributed by atoms with E-state index in [9.17, 15) is 14.9 Å². The van der Waals surface area contributed by atoms with Crippen molar-refractivity contribution in [3.8, 4) is 0 Å². The Bertz CT molecular complexity index is 318. The lowest BCUT2D eigenvalue weighted by molar-refractivity contribution is -0.396. The molecular weight excluding hydrogens is 162 g/mol. The second-order valence-electron chi connectivity index (χ2n) is 2.10. The van der Waals surface area contributed by atoms with E-state index in [0.717, 1.165) is 0 Å². The van der Waals surface area contributed by atoms with Gasteiger partial charge in [-0.3, -0.25) is 4.79 Å². The SMILES string of the molecule is CCn1c(C=O)cnc1[N+](=O)[O-]. The number of hydrogen-bond acceptors (Lipinski definition) is 4. The van der Waals surface area contributed by atoms with Crippen molar-refractivity contribution in [1.29, 1.82) is 0 Å². The summed E-state index contributed by atoms with van der Waals surface area (Å²) in [5.74, 6) is -0.292. The first-order chi connectivity index (χ1) is 5.70. The summed E-state index contributed by atoms with van der Waals surface area (Å²) in [7, 11) is 0. The maximum atomic E-state index is 10.3. The summed E-state index contributed by atoms with van der Waals surface area (Å²) in [4.78, 5) is 23.5. The molecular formula is C6H7N3O3. The molecule has 6 heteroatoms. The summed E-state index contributed by atoms with van der Waals surface area (Å²) < 4.78 is 1.24. The van der Waals surface area contributed by atoms with Gasteiger partial charge in [0.25, 0.3) is 0 Å². The van der Waals surface area contributed by atoms with E-state index in [2.05, 4.69) is 4.98 Å². The number of aromatic nitrogens is 2. The first-order valence-electron chi connectivity index (χ1n) is 3.35. The number of aldehydes is 1. The number of carbonyl (C=O) groups excluding carboxylic acids is 1. The molecule has 0 saturated heterocycles. The number of rotatable bonds is 3. The highest BCUT2D eigenvalue weighted by Crippen LogP contribution is 2.10. The number of carbonyl (C=O) groups is 1. The molecule has 0 fully saturated rings. The number of imidazole rings is 1.